The van der Waals surface area contributed by atoms with Gasteiger partial charge in [-0.2, -0.15) is 13.2 Å². The second-order valence-corrected chi connectivity index (χ2v) is 6.06. The maximum atomic E-state index is 13.2. The van der Waals surface area contributed by atoms with Crippen molar-refractivity contribution in [3.8, 4) is 0 Å². The number of benzene rings is 2. The number of hydrogen-bond donors (Lipinski definition) is 2. The number of carbonyl (C=O) groups is 2. The number of nitrogens with one attached hydrogen (secondary N) is 2. The minimum Gasteiger partial charge on any atom is -0.337 e. The van der Waals surface area contributed by atoms with Crippen molar-refractivity contribution in [3.63, 3.8) is 0 Å². The van der Waals surface area contributed by atoms with Crippen molar-refractivity contribution in [2.75, 3.05) is 18.9 Å². The third-order valence-corrected chi connectivity index (χ3v) is 3.79. The van der Waals surface area contributed by atoms with E-state index in [-0.39, 0.29) is 18.7 Å². The van der Waals surface area contributed by atoms with Crippen LogP contribution < -0.4 is 10.6 Å². The summed E-state index contributed by atoms with van der Waals surface area (Å²) in [6.07, 6.45) is -5.01. The molecule has 0 unspecified atom stereocenters. The number of urea groups is 1. The van der Waals surface area contributed by atoms with E-state index in [9.17, 15) is 27.2 Å². The number of amides is 3. The lowest BCUT2D eigenvalue weighted by molar-refractivity contribution is -0.140. The van der Waals surface area contributed by atoms with Gasteiger partial charge in [-0.1, -0.05) is 30.3 Å². The molecule has 3 amide bonds. The molecule has 2 rings (SSSR count). The molecule has 0 aliphatic carbocycles. The Kier molecular flexibility index (Phi) is 6.97. The fourth-order valence-electron chi connectivity index (χ4n) is 2.39. The summed E-state index contributed by atoms with van der Waals surface area (Å²) < 4.78 is 51.3. The smallest absolute Gasteiger partial charge is 0.337 e. The van der Waals surface area contributed by atoms with Crippen molar-refractivity contribution in [2.45, 2.75) is 19.1 Å². The van der Waals surface area contributed by atoms with Gasteiger partial charge in [0.25, 0.3) is 0 Å². The van der Waals surface area contributed by atoms with E-state index >= 15 is 0 Å². The number of rotatable bonds is 6. The SMILES string of the molecule is CN(Cc1ccccc1)C(=O)NCCC(=O)Nc1ccc(F)c(C(F)(F)F)c1. The van der Waals surface area contributed by atoms with E-state index in [1.165, 1.54) is 4.90 Å². The molecule has 28 heavy (non-hydrogen) atoms. The van der Waals surface area contributed by atoms with Crippen molar-refractivity contribution < 1.29 is 27.2 Å². The first-order chi connectivity index (χ1) is 13.2. The summed E-state index contributed by atoms with van der Waals surface area (Å²) in [5.41, 5.74) is -0.693. The number of alkyl halides is 3. The Morgan fingerprint density at radius 2 is 1.75 bits per heavy atom. The van der Waals surface area contributed by atoms with Crippen LogP contribution in [0.1, 0.15) is 17.5 Å². The molecule has 0 saturated carbocycles. The van der Waals surface area contributed by atoms with E-state index in [4.69, 9.17) is 0 Å². The fraction of sp³-hybridized carbons (Fsp3) is 0.263. The molecule has 150 valence electrons. The quantitative estimate of drug-likeness (QED) is 0.724. The van der Waals surface area contributed by atoms with Gasteiger partial charge in [-0.3, -0.25) is 4.79 Å². The second kappa shape index (κ2) is 9.20. The third-order valence-electron chi connectivity index (χ3n) is 3.79. The van der Waals surface area contributed by atoms with E-state index < -0.39 is 29.5 Å². The predicted molar refractivity (Wildman–Crippen MR) is 96.0 cm³/mol. The average Bonchev–Trinajstić information content (AvgIpc) is 2.63. The highest BCUT2D eigenvalue weighted by Gasteiger charge is 2.34. The van der Waals surface area contributed by atoms with Crippen LogP contribution in [-0.2, 0) is 17.5 Å². The molecule has 0 atom stereocenters. The van der Waals surface area contributed by atoms with Gasteiger partial charge in [-0.05, 0) is 23.8 Å². The van der Waals surface area contributed by atoms with Gasteiger partial charge in [-0.25, -0.2) is 9.18 Å². The van der Waals surface area contributed by atoms with E-state index in [2.05, 4.69) is 10.6 Å². The van der Waals surface area contributed by atoms with Gasteiger partial charge in [-0.15, -0.1) is 0 Å². The summed E-state index contributed by atoms with van der Waals surface area (Å²) in [5, 5.41) is 4.80. The Morgan fingerprint density at radius 1 is 1.07 bits per heavy atom. The van der Waals surface area contributed by atoms with Crippen LogP contribution in [-0.4, -0.2) is 30.4 Å². The Morgan fingerprint density at radius 3 is 2.39 bits per heavy atom. The maximum Gasteiger partial charge on any atom is 0.419 e. The van der Waals surface area contributed by atoms with Crippen LogP contribution in [0.4, 0.5) is 28.0 Å². The Hall–Kier alpha value is -3.10. The van der Waals surface area contributed by atoms with Crippen molar-refractivity contribution >= 4 is 17.6 Å². The molecule has 2 aromatic rings. The number of halogens is 4. The zero-order chi connectivity index (χ0) is 20.7. The molecule has 0 aliphatic heterocycles. The summed E-state index contributed by atoms with van der Waals surface area (Å²) in [4.78, 5) is 25.3. The monoisotopic (exact) mass is 397 g/mol. The van der Waals surface area contributed by atoms with E-state index in [1.54, 1.807) is 7.05 Å². The largest absolute Gasteiger partial charge is 0.419 e. The molecule has 2 aromatic carbocycles. The van der Waals surface area contributed by atoms with Crippen molar-refractivity contribution in [3.05, 3.63) is 65.5 Å². The highest BCUT2D eigenvalue weighted by atomic mass is 19.4. The molecule has 0 aromatic heterocycles. The van der Waals surface area contributed by atoms with E-state index in [1.807, 2.05) is 30.3 Å². The first-order valence-corrected chi connectivity index (χ1v) is 8.36. The van der Waals surface area contributed by atoms with Crippen molar-refractivity contribution in [1.82, 2.24) is 10.2 Å². The summed E-state index contributed by atoms with van der Waals surface area (Å²) in [6, 6.07) is 11.1. The molecule has 0 radical (unpaired) electrons. The first-order valence-electron chi connectivity index (χ1n) is 8.36. The number of hydrogen-bond acceptors (Lipinski definition) is 2. The van der Waals surface area contributed by atoms with E-state index in [0.717, 1.165) is 11.6 Å². The van der Waals surface area contributed by atoms with Crippen LogP contribution in [0.3, 0.4) is 0 Å². The molecule has 0 saturated heterocycles. The average molecular weight is 397 g/mol. The predicted octanol–water partition coefficient (Wildman–Crippen LogP) is 4.01. The highest BCUT2D eigenvalue weighted by molar-refractivity contribution is 5.91. The molecule has 0 spiro atoms. The molecule has 0 bridgehead atoms. The lowest BCUT2D eigenvalue weighted by Crippen LogP contribution is -2.38. The van der Waals surface area contributed by atoms with Crippen molar-refractivity contribution in [2.24, 2.45) is 0 Å². The van der Waals surface area contributed by atoms with Crippen LogP contribution in [0.2, 0.25) is 0 Å². The van der Waals surface area contributed by atoms with Gasteiger partial charge in [0, 0.05) is 32.2 Å². The molecule has 0 fully saturated rings. The van der Waals surface area contributed by atoms with Crippen LogP contribution in [0.25, 0.3) is 0 Å². The minimum absolute atomic E-state index is 0.00286. The fourth-order valence-corrected chi connectivity index (χ4v) is 2.39. The zero-order valence-corrected chi connectivity index (χ0v) is 15.0. The van der Waals surface area contributed by atoms with Gasteiger partial charge in [0.2, 0.25) is 5.91 Å². The standard InChI is InChI=1S/C19H19F4N3O2/c1-26(12-13-5-3-2-4-6-13)18(28)24-10-9-17(27)25-14-7-8-16(20)15(11-14)19(21,22)23/h2-8,11H,9-10,12H2,1H3,(H,24,28)(H,25,27). The number of carbonyl (C=O) groups excluding carboxylic acids is 2. The lowest BCUT2D eigenvalue weighted by Gasteiger charge is -2.18. The number of nitrogens with zero attached hydrogens (tertiary/aromatic N) is 1. The van der Waals surface area contributed by atoms with Crippen LogP contribution in [0.15, 0.2) is 48.5 Å². The maximum absolute atomic E-state index is 13.2. The lowest BCUT2D eigenvalue weighted by atomic mass is 10.1. The van der Waals surface area contributed by atoms with Gasteiger partial charge >= 0.3 is 12.2 Å². The van der Waals surface area contributed by atoms with Crippen LogP contribution >= 0.6 is 0 Å². The molecule has 2 N–H and O–H groups in total. The zero-order valence-electron chi connectivity index (χ0n) is 15.0. The third kappa shape index (κ3) is 6.26. The summed E-state index contributed by atoms with van der Waals surface area (Å²) in [5.74, 6) is -2.02. The van der Waals surface area contributed by atoms with Crippen LogP contribution in [0, 0.1) is 5.82 Å². The highest BCUT2D eigenvalue weighted by Crippen LogP contribution is 2.32. The first kappa shape index (κ1) is 21.2. The molecule has 0 heterocycles. The molecular weight excluding hydrogens is 378 g/mol. The summed E-state index contributed by atoms with van der Waals surface area (Å²) in [7, 11) is 1.60. The van der Waals surface area contributed by atoms with Crippen LogP contribution in [0.5, 0.6) is 0 Å². The topological polar surface area (TPSA) is 61.4 Å². The molecule has 5 nitrogen and oxygen atoms in total. The second-order valence-electron chi connectivity index (χ2n) is 6.06. The Balaban J connectivity index is 1.80. The molecular formula is C19H19F4N3O2. The van der Waals surface area contributed by atoms with Crippen molar-refractivity contribution in [1.29, 1.82) is 0 Å². The van der Waals surface area contributed by atoms with Gasteiger partial charge in [0.05, 0.1) is 5.56 Å². The van der Waals surface area contributed by atoms with Gasteiger partial charge in [0.15, 0.2) is 0 Å². The summed E-state index contributed by atoms with van der Waals surface area (Å²) in [6.45, 7) is 0.381. The van der Waals surface area contributed by atoms with Gasteiger partial charge in [0.1, 0.15) is 5.82 Å². The Labute approximate surface area is 159 Å². The van der Waals surface area contributed by atoms with Gasteiger partial charge < -0.3 is 15.5 Å². The molecule has 0 aliphatic rings. The normalized spacial score (nSPS) is 11.0. The van der Waals surface area contributed by atoms with E-state index in [0.29, 0.717) is 18.7 Å². The number of anilines is 1. The molecule has 9 heteroatoms. The summed E-state index contributed by atoms with van der Waals surface area (Å²) >= 11 is 0. The minimum atomic E-state index is -4.86. The Bertz CT molecular complexity index is 826.